The molecule has 3 heterocycles. The van der Waals surface area contributed by atoms with E-state index in [1.165, 1.54) is 47.9 Å². The Labute approximate surface area is 270 Å². The van der Waals surface area contributed by atoms with Crippen molar-refractivity contribution in [1.82, 2.24) is 19.9 Å². The van der Waals surface area contributed by atoms with Crippen molar-refractivity contribution in [1.29, 1.82) is 0 Å². The predicted octanol–water partition coefficient (Wildman–Crippen LogP) is 3.70. The number of carbonyl (C=O) groups excluding carboxylic acids is 2. The van der Waals surface area contributed by atoms with Gasteiger partial charge in [0, 0.05) is 54.6 Å². The Morgan fingerprint density at radius 2 is 1.85 bits per heavy atom. The molecule has 0 spiro atoms. The Morgan fingerprint density at radius 1 is 1.06 bits per heavy atom. The van der Waals surface area contributed by atoms with Crippen molar-refractivity contribution < 1.29 is 40.7 Å². The first kappa shape index (κ1) is 34.1. The van der Waals surface area contributed by atoms with Gasteiger partial charge in [0.1, 0.15) is 11.9 Å². The molecule has 47 heavy (non-hydrogen) atoms. The van der Waals surface area contributed by atoms with E-state index in [1.54, 1.807) is 6.07 Å². The number of hydrogen-bond donors (Lipinski definition) is 3. The van der Waals surface area contributed by atoms with E-state index in [0.29, 0.717) is 25.1 Å². The lowest BCUT2D eigenvalue weighted by Gasteiger charge is -2.37. The van der Waals surface area contributed by atoms with Crippen LogP contribution in [0.25, 0.3) is 0 Å². The fraction of sp³-hybridized carbons (Fsp3) is 0.406. The van der Waals surface area contributed by atoms with Crippen LogP contribution in [0.15, 0.2) is 54.7 Å². The molecule has 252 valence electrons. The minimum atomic E-state index is -3.47. The monoisotopic (exact) mass is 675 g/mol. The molecule has 5 atom stereocenters. The fourth-order valence-corrected chi connectivity index (χ4v) is 7.97. The molecule has 2 amide bonds. The van der Waals surface area contributed by atoms with E-state index in [2.05, 4.69) is 20.9 Å². The number of nitrogens with one attached hydrogen (secondary N) is 3. The number of aromatic nitrogens is 1. The summed E-state index contributed by atoms with van der Waals surface area (Å²) in [5, 5.41) is 8.56. The van der Waals surface area contributed by atoms with E-state index in [4.69, 9.17) is 9.47 Å². The summed E-state index contributed by atoms with van der Waals surface area (Å²) in [5.41, 5.74) is 0.717. The Balaban J connectivity index is 1.46. The molecular weight excluding hydrogens is 639 g/mol. The average molecular weight is 676 g/mol. The van der Waals surface area contributed by atoms with Gasteiger partial charge < -0.3 is 25.4 Å². The van der Waals surface area contributed by atoms with Crippen LogP contribution in [0.2, 0.25) is 0 Å². The van der Waals surface area contributed by atoms with E-state index < -0.39 is 57.5 Å². The van der Waals surface area contributed by atoms with Crippen molar-refractivity contribution in [3.63, 3.8) is 0 Å². The summed E-state index contributed by atoms with van der Waals surface area (Å²) in [6.07, 6.45) is 2.07. The summed E-state index contributed by atoms with van der Waals surface area (Å²) in [4.78, 5) is 30.7. The van der Waals surface area contributed by atoms with Crippen LogP contribution < -0.4 is 20.7 Å². The van der Waals surface area contributed by atoms with E-state index in [-0.39, 0.29) is 47.3 Å². The van der Waals surface area contributed by atoms with Crippen LogP contribution in [0.3, 0.4) is 0 Å². The first-order valence-electron chi connectivity index (χ1n) is 15.1. The predicted molar refractivity (Wildman–Crippen MR) is 167 cm³/mol. The number of ether oxygens (including phenoxy) is 2. The van der Waals surface area contributed by atoms with Crippen LogP contribution in [-0.4, -0.2) is 80.9 Å². The van der Waals surface area contributed by atoms with Gasteiger partial charge in [0.15, 0.2) is 11.6 Å². The van der Waals surface area contributed by atoms with Gasteiger partial charge in [-0.3, -0.25) is 4.79 Å². The van der Waals surface area contributed by atoms with E-state index >= 15 is 4.39 Å². The third-order valence-corrected chi connectivity index (χ3v) is 10.5. The number of rotatable bonds is 10. The molecule has 0 aliphatic carbocycles. The molecule has 0 radical (unpaired) electrons. The first-order valence-corrected chi connectivity index (χ1v) is 16.7. The van der Waals surface area contributed by atoms with E-state index in [9.17, 15) is 26.8 Å². The number of alkyl carbamates (subject to hydrolysis) is 1. The first-order chi connectivity index (χ1) is 22.5. The highest BCUT2D eigenvalue weighted by molar-refractivity contribution is 7.89. The van der Waals surface area contributed by atoms with Gasteiger partial charge in [0.05, 0.1) is 20.0 Å². The molecule has 2 bridgehead atoms. The van der Waals surface area contributed by atoms with E-state index in [1.807, 2.05) is 0 Å². The second-order valence-electron chi connectivity index (χ2n) is 11.5. The third-order valence-electron chi connectivity index (χ3n) is 8.57. The topological polar surface area (TPSA) is 139 Å². The summed E-state index contributed by atoms with van der Waals surface area (Å²) < 4.78 is 81.1. The number of fused-ring (bicyclic) bond motifs is 2. The van der Waals surface area contributed by atoms with Crippen molar-refractivity contribution in [2.24, 2.45) is 0 Å². The van der Waals surface area contributed by atoms with Gasteiger partial charge >= 0.3 is 6.09 Å². The zero-order chi connectivity index (χ0) is 33.7. The zero-order valence-corrected chi connectivity index (χ0v) is 26.7. The highest BCUT2D eigenvalue weighted by Crippen LogP contribution is 2.32. The molecule has 2 saturated heterocycles. The minimum Gasteiger partial charge on any atom is -0.481 e. The molecule has 11 nitrogen and oxygen atoms in total. The molecule has 2 aliphatic heterocycles. The number of piperazine rings is 1. The average Bonchev–Trinajstić information content (AvgIpc) is 3.17. The number of halogens is 3. The maximum atomic E-state index is 15.3. The largest absolute Gasteiger partial charge is 0.481 e. The molecule has 2 aliphatic rings. The van der Waals surface area contributed by atoms with Crippen LogP contribution in [-0.2, 0) is 26.0 Å². The Bertz CT molecular complexity index is 1710. The van der Waals surface area contributed by atoms with Crippen molar-refractivity contribution in [3.8, 4) is 5.88 Å². The lowest BCUT2D eigenvalue weighted by molar-refractivity contribution is -0.118. The summed E-state index contributed by atoms with van der Waals surface area (Å²) >= 11 is 0. The quantitative estimate of drug-likeness (QED) is 0.296. The lowest BCUT2D eigenvalue weighted by atomic mass is 9.85. The highest BCUT2D eigenvalue weighted by Gasteiger charge is 2.38. The molecule has 3 aromatic rings. The molecule has 3 N–H and O–H groups in total. The molecule has 2 aromatic carbocycles. The molecule has 0 saturated carbocycles. The second-order valence-corrected chi connectivity index (χ2v) is 13.5. The van der Waals surface area contributed by atoms with Gasteiger partial charge in [-0.05, 0) is 61.1 Å². The van der Waals surface area contributed by atoms with E-state index in [0.717, 1.165) is 25.7 Å². The molecule has 15 heteroatoms. The number of sulfonamides is 1. The Morgan fingerprint density at radius 3 is 2.55 bits per heavy atom. The number of anilines is 1. The summed E-state index contributed by atoms with van der Waals surface area (Å²) in [5.74, 6) is -4.52. The van der Waals surface area contributed by atoms with Crippen LogP contribution in [0, 0.1) is 17.5 Å². The van der Waals surface area contributed by atoms with Gasteiger partial charge in [-0.2, -0.15) is 4.31 Å². The van der Waals surface area contributed by atoms with Crippen molar-refractivity contribution in [2.75, 3.05) is 38.4 Å². The molecule has 5 rings (SSSR count). The van der Waals surface area contributed by atoms with Crippen molar-refractivity contribution in [2.45, 2.75) is 49.7 Å². The van der Waals surface area contributed by atoms with Crippen molar-refractivity contribution >= 4 is 27.7 Å². The lowest BCUT2D eigenvalue weighted by Crippen LogP contribution is -2.57. The Hall–Kier alpha value is -4.21. The number of carbonyl (C=O) groups is 2. The number of hydrogen-bond acceptors (Lipinski definition) is 8. The summed E-state index contributed by atoms with van der Waals surface area (Å²) in [6.45, 7) is 0.761. The number of nitrogens with zero attached hydrogens (tertiary/aromatic N) is 2. The molecule has 2 fully saturated rings. The Kier molecular flexibility index (Phi) is 10.7. The minimum absolute atomic E-state index is 0.0557. The van der Waals surface area contributed by atoms with Gasteiger partial charge in [-0.25, -0.2) is 31.4 Å². The summed E-state index contributed by atoms with van der Waals surface area (Å²) in [7, 11) is -0.956. The number of benzene rings is 2. The van der Waals surface area contributed by atoms with Gasteiger partial charge in [0.25, 0.3) is 0 Å². The van der Waals surface area contributed by atoms with Crippen molar-refractivity contribution in [3.05, 3.63) is 88.9 Å². The van der Waals surface area contributed by atoms with Gasteiger partial charge in [-0.1, -0.05) is 18.2 Å². The smallest absolute Gasteiger partial charge is 0.407 e. The van der Waals surface area contributed by atoms with Gasteiger partial charge in [0.2, 0.25) is 21.8 Å². The second kappa shape index (κ2) is 14.7. The van der Waals surface area contributed by atoms with Crippen LogP contribution in [0.1, 0.15) is 41.9 Å². The number of methoxy groups -OCH3 is 2. The van der Waals surface area contributed by atoms with Crippen LogP contribution in [0.5, 0.6) is 5.88 Å². The van der Waals surface area contributed by atoms with Crippen LogP contribution in [0.4, 0.5) is 23.7 Å². The van der Waals surface area contributed by atoms with Crippen LogP contribution >= 0.6 is 0 Å². The molecule has 3 unspecified atom stereocenters. The fourth-order valence-electron chi connectivity index (χ4n) is 6.16. The maximum absolute atomic E-state index is 15.3. The SMILES string of the molecule is COC(=O)N[C@H](C(=O)Nc1cccc(F)c1CCC1CNC2CCCS(=O)(=O)N1C2)[C@H](c1ccc(OC)nc1)c1ccc(F)c(F)c1. The third kappa shape index (κ3) is 7.85. The zero-order valence-electron chi connectivity index (χ0n) is 25.8. The number of amides is 2. The summed E-state index contributed by atoms with van der Waals surface area (Å²) in [6, 6.07) is 8.46. The normalized spacial score (nSPS) is 21.5. The maximum Gasteiger partial charge on any atom is 0.407 e. The standard InChI is InChI=1S/C32H36F3N5O6S/c1-45-28-13-9-20(16-37-28)29(19-8-12-25(34)26(35)15-19)30(39-32(42)46-2)31(41)38-27-7-3-6-24(33)23(27)11-10-22-17-36-21-5-4-14-47(43,44)40(22)18-21/h3,6-9,12-13,15-16,21-22,29-30,36H,4-5,10-11,14,17-18H2,1-2H3,(H,38,41)(H,39,42)/t21?,22?,29-,30-/m0/s1. The molecular formula is C32H36F3N5O6S. The highest BCUT2D eigenvalue weighted by atomic mass is 32.2. The molecule has 1 aromatic heterocycles. The van der Waals surface area contributed by atoms with Gasteiger partial charge in [-0.15, -0.1) is 0 Å². The number of pyridine rings is 1.